The molecule has 4 N–H and O–H groups in total. The molecule has 0 aliphatic heterocycles. The zero-order valence-electron chi connectivity index (χ0n) is 16.7. The maximum absolute atomic E-state index is 12.2. The van der Waals surface area contributed by atoms with E-state index in [-0.39, 0.29) is 29.3 Å². The number of pyridine rings is 1. The highest BCUT2D eigenvalue weighted by Gasteiger charge is 2.33. The molecule has 3 rings (SSSR count). The van der Waals surface area contributed by atoms with Gasteiger partial charge < -0.3 is 10.6 Å². The predicted molar refractivity (Wildman–Crippen MR) is 118 cm³/mol. The first-order valence-electron chi connectivity index (χ1n) is 9.44. The van der Waals surface area contributed by atoms with Crippen molar-refractivity contribution in [3.63, 3.8) is 0 Å². The van der Waals surface area contributed by atoms with Gasteiger partial charge in [0.05, 0.1) is 11.5 Å². The molecule has 0 bridgehead atoms. The summed E-state index contributed by atoms with van der Waals surface area (Å²) < 4.78 is 0. The Hall–Kier alpha value is -2.66. The van der Waals surface area contributed by atoms with Gasteiger partial charge in [-0.15, -0.1) is 10.2 Å². The lowest BCUT2D eigenvalue weighted by atomic mass is 9.74. The molecule has 158 valence electrons. The maximum Gasteiger partial charge on any atom is 0.232 e. The predicted octanol–water partition coefficient (Wildman–Crippen LogP) is 3.09. The summed E-state index contributed by atoms with van der Waals surface area (Å²) in [5.41, 5.74) is 1.75. The molecule has 1 fully saturated rings. The van der Waals surface area contributed by atoms with E-state index < -0.39 is 0 Å². The van der Waals surface area contributed by atoms with Crippen LogP contribution in [0.15, 0.2) is 18.3 Å². The van der Waals surface area contributed by atoms with Crippen LogP contribution < -0.4 is 10.6 Å². The highest BCUT2D eigenvalue weighted by molar-refractivity contribution is 8.26. The minimum atomic E-state index is -0.307. The Morgan fingerprint density at radius 2 is 2.03 bits per heavy atom. The summed E-state index contributed by atoms with van der Waals surface area (Å²) in [6, 6.07) is 3.76. The number of aryl methyl sites for hydroxylation is 1. The van der Waals surface area contributed by atoms with E-state index >= 15 is 0 Å². The number of thioether (sulfide) groups is 1. The van der Waals surface area contributed by atoms with Crippen LogP contribution in [0, 0.1) is 23.7 Å². The molecule has 30 heavy (non-hydrogen) atoms. The lowest BCUT2D eigenvalue weighted by Gasteiger charge is -2.33. The van der Waals surface area contributed by atoms with Crippen LogP contribution in [0.3, 0.4) is 0 Å². The number of hydrogen-bond acceptors (Lipinski definition) is 9. The number of rotatable bonds is 6. The summed E-state index contributed by atoms with van der Waals surface area (Å²) in [5.74, 6) is 0.158. The van der Waals surface area contributed by atoms with Crippen molar-refractivity contribution in [2.45, 2.75) is 45.4 Å². The van der Waals surface area contributed by atoms with Gasteiger partial charge in [-0.05, 0) is 55.5 Å². The van der Waals surface area contributed by atoms with E-state index in [2.05, 4.69) is 25.8 Å². The van der Waals surface area contributed by atoms with Crippen molar-refractivity contribution in [2.75, 3.05) is 5.32 Å². The molecule has 2 heterocycles. The monoisotopic (exact) mass is 445 g/mol. The van der Waals surface area contributed by atoms with Gasteiger partial charge in [0.15, 0.2) is 5.17 Å². The second kappa shape index (κ2) is 9.90. The van der Waals surface area contributed by atoms with Crippen LogP contribution in [0.25, 0.3) is 0 Å². The third-order valence-corrected chi connectivity index (χ3v) is 6.30. The van der Waals surface area contributed by atoms with Gasteiger partial charge in [0.2, 0.25) is 16.9 Å². The fourth-order valence-electron chi connectivity index (χ4n) is 3.10. The van der Waals surface area contributed by atoms with Crippen molar-refractivity contribution in [2.24, 2.45) is 5.92 Å². The van der Waals surface area contributed by atoms with Gasteiger partial charge >= 0.3 is 0 Å². The van der Waals surface area contributed by atoms with Gasteiger partial charge in [0.1, 0.15) is 5.01 Å². The lowest BCUT2D eigenvalue weighted by molar-refractivity contribution is -0.117. The zero-order chi connectivity index (χ0) is 21.7. The number of nitrogens with zero attached hydrogens (tertiary/aromatic N) is 3. The van der Waals surface area contributed by atoms with Gasteiger partial charge in [-0.1, -0.05) is 17.4 Å². The summed E-state index contributed by atoms with van der Waals surface area (Å²) in [4.78, 5) is 27.3. The van der Waals surface area contributed by atoms with Gasteiger partial charge in [-0.25, -0.2) is 0 Å². The van der Waals surface area contributed by atoms with Crippen molar-refractivity contribution in [3.8, 4) is 0 Å². The molecule has 0 radical (unpaired) electrons. The zero-order valence-corrected chi connectivity index (χ0v) is 18.3. The van der Waals surface area contributed by atoms with Crippen LogP contribution in [0.5, 0.6) is 0 Å². The topological polar surface area (TPSA) is 145 Å². The van der Waals surface area contributed by atoms with Crippen molar-refractivity contribution < 1.29 is 9.59 Å². The molecule has 1 aliphatic rings. The molecular formula is C19H23N7O2S2. The van der Waals surface area contributed by atoms with Gasteiger partial charge in [-0.2, -0.15) is 0 Å². The van der Waals surface area contributed by atoms with E-state index in [4.69, 9.17) is 10.8 Å². The van der Waals surface area contributed by atoms with Crippen molar-refractivity contribution in [3.05, 3.63) is 34.6 Å². The van der Waals surface area contributed by atoms with Crippen LogP contribution in [0.2, 0.25) is 0 Å². The molecule has 0 atom stereocenters. The number of nitrogens with one attached hydrogen (secondary N) is 4. The SMILES string of the molecule is CC(=O)NC(=N)SC(=N)CC1CC(c2nnc(NC(=O)Cc3ccc(C)cn3)s2)C1. The second-order valence-corrected chi connectivity index (χ2v) is 9.39. The Labute approximate surface area is 182 Å². The van der Waals surface area contributed by atoms with E-state index in [0.29, 0.717) is 28.2 Å². The van der Waals surface area contributed by atoms with E-state index in [9.17, 15) is 9.59 Å². The molecule has 2 aromatic heterocycles. The first-order chi connectivity index (χ1) is 14.3. The van der Waals surface area contributed by atoms with E-state index in [1.807, 2.05) is 19.1 Å². The van der Waals surface area contributed by atoms with Crippen LogP contribution >= 0.6 is 23.1 Å². The van der Waals surface area contributed by atoms with Crippen LogP contribution in [0.1, 0.15) is 48.4 Å². The van der Waals surface area contributed by atoms with Gasteiger partial charge in [0.25, 0.3) is 0 Å². The first kappa shape index (κ1) is 22.0. The Kier molecular flexibility index (Phi) is 7.27. The lowest BCUT2D eigenvalue weighted by Crippen LogP contribution is -2.27. The number of anilines is 1. The Morgan fingerprint density at radius 1 is 1.27 bits per heavy atom. The number of carbonyl (C=O) groups is 2. The fourth-order valence-corrected chi connectivity index (χ4v) is 4.74. The summed E-state index contributed by atoms with van der Waals surface area (Å²) >= 11 is 2.35. The molecule has 1 saturated carbocycles. The highest BCUT2D eigenvalue weighted by Crippen LogP contribution is 2.45. The maximum atomic E-state index is 12.2. The smallest absolute Gasteiger partial charge is 0.232 e. The van der Waals surface area contributed by atoms with E-state index in [0.717, 1.165) is 35.2 Å². The van der Waals surface area contributed by atoms with Crippen molar-refractivity contribution >= 4 is 50.3 Å². The molecule has 0 unspecified atom stereocenters. The molecule has 2 amide bonds. The number of amidine groups is 1. The molecule has 9 nitrogen and oxygen atoms in total. The average molecular weight is 446 g/mol. The molecule has 2 aromatic rings. The van der Waals surface area contributed by atoms with E-state index in [1.54, 1.807) is 6.20 Å². The summed E-state index contributed by atoms with van der Waals surface area (Å²) in [5, 5.41) is 30.7. The highest BCUT2D eigenvalue weighted by atomic mass is 32.2. The number of amides is 2. The molecule has 0 saturated heterocycles. The number of aromatic nitrogens is 3. The summed E-state index contributed by atoms with van der Waals surface area (Å²) in [6.07, 6.45) is 4.29. The third-order valence-electron chi connectivity index (χ3n) is 4.58. The van der Waals surface area contributed by atoms with E-state index in [1.165, 1.54) is 18.3 Å². The van der Waals surface area contributed by atoms with Crippen molar-refractivity contribution in [1.29, 1.82) is 10.8 Å². The first-order valence-corrected chi connectivity index (χ1v) is 11.1. The Morgan fingerprint density at radius 3 is 2.70 bits per heavy atom. The largest absolute Gasteiger partial charge is 0.306 e. The standard InChI is InChI=1S/C19H23N7O2S2/c1-10-3-4-14(22-9-10)8-16(28)24-19-26-25-17(30-19)13-5-12(6-13)7-15(20)29-18(21)23-11(2)27/h3-4,9,12-13,20H,5-8H2,1-2H3,(H2,21,23,27)(H,24,26,28). The van der Waals surface area contributed by atoms with Crippen LogP contribution in [0.4, 0.5) is 5.13 Å². The fraction of sp³-hybridized carbons (Fsp3) is 0.421. The molecule has 0 spiro atoms. The second-order valence-electron chi connectivity index (χ2n) is 7.27. The van der Waals surface area contributed by atoms with Gasteiger partial charge in [-0.3, -0.25) is 25.4 Å². The number of carbonyl (C=O) groups excluding carboxylic acids is 2. The Balaban J connectivity index is 1.41. The average Bonchev–Trinajstić information content (AvgIpc) is 3.06. The molecule has 1 aliphatic carbocycles. The Bertz CT molecular complexity index is 952. The minimum Gasteiger partial charge on any atom is -0.306 e. The molecule has 0 aromatic carbocycles. The summed E-state index contributed by atoms with van der Waals surface area (Å²) in [7, 11) is 0. The molecule has 11 heteroatoms. The third kappa shape index (κ3) is 6.42. The summed E-state index contributed by atoms with van der Waals surface area (Å²) in [6.45, 7) is 3.29. The van der Waals surface area contributed by atoms with Crippen LogP contribution in [-0.2, 0) is 16.0 Å². The quantitative estimate of drug-likeness (QED) is 0.397. The van der Waals surface area contributed by atoms with Crippen LogP contribution in [-0.4, -0.2) is 37.2 Å². The number of hydrogen-bond donors (Lipinski definition) is 4. The van der Waals surface area contributed by atoms with Crippen molar-refractivity contribution in [1.82, 2.24) is 20.5 Å². The molecular weight excluding hydrogens is 422 g/mol. The van der Waals surface area contributed by atoms with Gasteiger partial charge in [0, 0.05) is 24.7 Å². The minimum absolute atomic E-state index is 0.0197. The normalized spacial score (nSPS) is 17.7.